The van der Waals surface area contributed by atoms with Crippen LogP contribution in [0.4, 0.5) is 0 Å². The summed E-state index contributed by atoms with van der Waals surface area (Å²) in [6.45, 7) is 6.27. The van der Waals surface area contributed by atoms with E-state index in [1.165, 1.54) is 0 Å². The first kappa shape index (κ1) is 14.5. The molecule has 1 amide bonds. The number of aliphatic carboxylic acids is 1. The van der Waals surface area contributed by atoms with Crippen molar-refractivity contribution in [3.63, 3.8) is 0 Å². The van der Waals surface area contributed by atoms with E-state index in [0.717, 1.165) is 11.4 Å². The summed E-state index contributed by atoms with van der Waals surface area (Å²) in [4.78, 5) is 29.9. The van der Waals surface area contributed by atoms with Gasteiger partial charge in [-0.3, -0.25) is 9.59 Å². The summed E-state index contributed by atoms with van der Waals surface area (Å²) in [5, 5.41) is 13.5. The van der Waals surface area contributed by atoms with Gasteiger partial charge in [-0.05, 0) is 33.3 Å². The Bertz CT molecular complexity index is 781. The molecule has 0 unspecified atom stereocenters. The van der Waals surface area contributed by atoms with Crippen LogP contribution < -0.4 is 0 Å². The summed E-state index contributed by atoms with van der Waals surface area (Å²) in [5.41, 5.74) is 3.36. The largest absolute Gasteiger partial charge is 0.481 e. The fraction of sp³-hybridized carbons (Fsp3) is 0.467. The Kier molecular flexibility index (Phi) is 3.35. The van der Waals surface area contributed by atoms with E-state index in [1.807, 2.05) is 19.9 Å². The van der Waals surface area contributed by atoms with Gasteiger partial charge >= 0.3 is 5.97 Å². The van der Waals surface area contributed by atoms with Gasteiger partial charge in [-0.2, -0.15) is 5.10 Å². The first-order valence-electron chi connectivity index (χ1n) is 7.24. The van der Waals surface area contributed by atoms with Crippen LogP contribution >= 0.6 is 0 Å². The van der Waals surface area contributed by atoms with Crippen LogP contribution in [0.3, 0.4) is 0 Å². The van der Waals surface area contributed by atoms with Gasteiger partial charge in [0.25, 0.3) is 5.91 Å². The molecule has 7 nitrogen and oxygen atoms in total. The zero-order chi connectivity index (χ0) is 16.0. The maximum atomic E-state index is 12.8. The third kappa shape index (κ3) is 2.22. The zero-order valence-electron chi connectivity index (χ0n) is 12.8. The number of hydrogen-bond donors (Lipinski definition) is 1. The average Bonchev–Trinajstić information content (AvgIpc) is 3.03. The summed E-state index contributed by atoms with van der Waals surface area (Å²) in [6.07, 6.45) is 0.491. The number of carbonyl (C=O) groups excluding carboxylic acids is 1. The molecular formula is C15H18N4O3. The summed E-state index contributed by atoms with van der Waals surface area (Å²) < 4.78 is 1.67. The predicted octanol–water partition coefficient (Wildman–Crippen LogP) is 1.20. The highest BCUT2D eigenvalue weighted by atomic mass is 16.4. The minimum atomic E-state index is -0.850. The van der Waals surface area contributed by atoms with Gasteiger partial charge < -0.3 is 10.0 Å². The van der Waals surface area contributed by atoms with Crippen LogP contribution in [0.15, 0.2) is 6.07 Å². The topological polar surface area (TPSA) is 87.8 Å². The monoisotopic (exact) mass is 302 g/mol. The van der Waals surface area contributed by atoms with Crippen LogP contribution in [-0.2, 0) is 4.79 Å². The maximum Gasteiger partial charge on any atom is 0.308 e. The molecule has 2 aromatic heterocycles. The van der Waals surface area contributed by atoms with E-state index in [2.05, 4.69) is 10.1 Å². The van der Waals surface area contributed by atoms with Crippen molar-refractivity contribution in [1.29, 1.82) is 0 Å². The van der Waals surface area contributed by atoms with Gasteiger partial charge in [-0.15, -0.1) is 0 Å². The van der Waals surface area contributed by atoms with Gasteiger partial charge in [0.1, 0.15) is 5.56 Å². The second kappa shape index (κ2) is 5.08. The van der Waals surface area contributed by atoms with E-state index in [9.17, 15) is 9.59 Å². The number of aryl methyl sites for hydroxylation is 3. The highest BCUT2D eigenvalue weighted by Gasteiger charge is 2.33. The zero-order valence-corrected chi connectivity index (χ0v) is 12.8. The maximum absolute atomic E-state index is 12.8. The number of likely N-dealkylation sites (tertiary alicyclic amines) is 1. The lowest BCUT2D eigenvalue weighted by Gasteiger charge is -2.15. The molecule has 3 heterocycles. The summed E-state index contributed by atoms with van der Waals surface area (Å²) >= 11 is 0. The number of nitrogens with zero attached hydrogens (tertiary/aromatic N) is 4. The first-order chi connectivity index (χ1) is 10.4. The molecule has 0 spiro atoms. The van der Waals surface area contributed by atoms with Gasteiger partial charge in [-0.1, -0.05) is 0 Å². The van der Waals surface area contributed by atoms with E-state index in [0.29, 0.717) is 29.9 Å². The second-order valence-electron chi connectivity index (χ2n) is 5.81. The number of hydrogen-bond acceptors (Lipinski definition) is 4. The van der Waals surface area contributed by atoms with Gasteiger partial charge in [0, 0.05) is 24.5 Å². The predicted molar refractivity (Wildman–Crippen MR) is 78.8 cm³/mol. The standard InChI is InChI=1S/C15H18N4O3/c1-8-6-9(2)19-13(16-8)12(10(3)17-19)14(20)18-5-4-11(7-18)15(21)22/h6,11H,4-5,7H2,1-3H3,(H,21,22)/t11-/m0/s1. The van der Waals surface area contributed by atoms with Crippen LogP contribution in [0.25, 0.3) is 5.65 Å². The van der Waals surface area contributed by atoms with Crippen molar-refractivity contribution in [2.75, 3.05) is 13.1 Å². The highest BCUT2D eigenvalue weighted by Crippen LogP contribution is 2.23. The van der Waals surface area contributed by atoms with Gasteiger partial charge in [0.05, 0.1) is 11.6 Å². The Hall–Kier alpha value is -2.44. The molecular weight excluding hydrogens is 284 g/mol. The molecule has 116 valence electrons. The lowest BCUT2D eigenvalue weighted by Crippen LogP contribution is -2.30. The Morgan fingerprint density at radius 3 is 2.68 bits per heavy atom. The van der Waals surface area contributed by atoms with Crippen LogP contribution in [0.1, 0.15) is 33.9 Å². The Labute approximate surface area is 127 Å². The molecule has 1 aliphatic heterocycles. The SMILES string of the molecule is Cc1cc(C)n2nc(C)c(C(=O)N3CC[C@H](C(=O)O)C3)c2n1. The number of rotatable bonds is 2. The van der Waals surface area contributed by atoms with E-state index < -0.39 is 11.9 Å². The minimum Gasteiger partial charge on any atom is -0.481 e. The Balaban J connectivity index is 2.01. The van der Waals surface area contributed by atoms with Crippen molar-refractivity contribution in [2.24, 2.45) is 5.92 Å². The van der Waals surface area contributed by atoms with Gasteiger partial charge in [0.15, 0.2) is 5.65 Å². The smallest absolute Gasteiger partial charge is 0.308 e. The van der Waals surface area contributed by atoms with Crippen LogP contribution in [-0.4, -0.2) is 49.6 Å². The molecule has 1 aliphatic rings. The number of aromatic nitrogens is 3. The quantitative estimate of drug-likeness (QED) is 0.900. The summed E-state index contributed by atoms with van der Waals surface area (Å²) in [5.74, 6) is -1.52. The number of carboxylic acid groups (broad SMARTS) is 1. The first-order valence-corrected chi connectivity index (χ1v) is 7.24. The van der Waals surface area contributed by atoms with Crippen molar-refractivity contribution in [2.45, 2.75) is 27.2 Å². The molecule has 1 N–H and O–H groups in total. The second-order valence-corrected chi connectivity index (χ2v) is 5.81. The average molecular weight is 302 g/mol. The Morgan fingerprint density at radius 2 is 2.05 bits per heavy atom. The molecule has 3 rings (SSSR count). The summed E-state index contributed by atoms with van der Waals surface area (Å²) in [6, 6.07) is 1.91. The van der Waals surface area contributed by atoms with Gasteiger partial charge in [0.2, 0.25) is 0 Å². The number of carboxylic acids is 1. The molecule has 0 radical (unpaired) electrons. The van der Waals surface area contributed by atoms with Crippen molar-refractivity contribution < 1.29 is 14.7 Å². The van der Waals surface area contributed by atoms with Crippen LogP contribution in [0.2, 0.25) is 0 Å². The van der Waals surface area contributed by atoms with Crippen molar-refractivity contribution in [3.8, 4) is 0 Å². The lowest BCUT2D eigenvalue weighted by molar-refractivity contribution is -0.141. The molecule has 0 saturated carbocycles. The van der Waals surface area contributed by atoms with Crippen molar-refractivity contribution >= 4 is 17.5 Å². The third-order valence-electron chi connectivity index (χ3n) is 4.11. The highest BCUT2D eigenvalue weighted by molar-refractivity contribution is 6.01. The molecule has 0 aromatic carbocycles. The molecule has 22 heavy (non-hydrogen) atoms. The van der Waals surface area contributed by atoms with E-state index in [-0.39, 0.29) is 12.5 Å². The minimum absolute atomic E-state index is 0.186. The normalized spacial score (nSPS) is 18.1. The van der Waals surface area contributed by atoms with Crippen LogP contribution in [0, 0.1) is 26.7 Å². The Morgan fingerprint density at radius 1 is 1.32 bits per heavy atom. The lowest BCUT2D eigenvalue weighted by atomic mass is 10.1. The molecule has 0 bridgehead atoms. The molecule has 2 aromatic rings. The van der Waals surface area contributed by atoms with Gasteiger partial charge in [-0.25, -0.2) is 9.50 Å². The van der Waals surface area contributed by atoms with E-state index >= 15 is 0 Å². The third-order valence-corrected chi connectivity index (χ3v) is 4.11. The fourth-order valence-electron chi connectivity index (χ4n) is 2.98. The van der Waals surface area contributed by atoms with Crippen LogP contribution in [0.5, 0.6) is 0 Å². The molecule has 1 atom stereocenters. The van der Waals surface area contributed by atoms with E-state index in [1.54, 1.807) is 16.3 Å². The molecule has 1 saturated heterocycles. The van der Waals surface area contributed by atoms with E-state index in [4.69, 9.17) is 5.11 Å². The van der Waals surface area contributed by atoms with Crippen molar-refractivity contribution in [1.82, 2.24) is 19.5 Å². The molecule has 0 aliphatic carbocycles. The van der Waals surface area contributed by atoms with Crippen molar-refractivity contribution in [3.05, 3.63) is 28.7 Å². The molecule has 7 heteroatoms. The number of fused-ring (bicyclic) bond motifs is 1. The molecule has 1 fully saturated rings. The fourth-order valence-corrected chi connectivity index (χ4v) is 2.98. The summed E-state index contributed by atoms with van der Waals surface area (Å²) in [7, 11) is 0. The number of carbonyl (C=O) groups is 2. The number of amides is 1.